The van der Waals surface area contributed by atoms with E-state index in [1.165, 1.54) is 4.90 Å². The topological polar surface area (TPSA) is 69.7 Å². The molecule has 6 heteroatoms. The molecule has 2 aromatic rings. The van der Waals surface area contributed by atoms with Crippen LogP contribution < -0.4 is 5.32 Å². The van der Waals surface area contributed by atoms with Crippen LogP contribution >= 0.6 is 0 Å². The first kappa shape index (κ1) is 21.6. The average molecular weight is 408 g/mol. The van der Waals surface area contributed by atoms with Crippen LogP contribution in [0.2, 0.25) is 0 Å². The van der Waals surface area contributed by atoms with E-state index in [4.69, 9.17) is 0 Å². The third-order valence-electron chi connectivity index (χ3n) is 5.55. The summed E-state index contributed by atoms with van der Waals surface area (Å²) < 4.78 is 0. The van der Waals surface area contributed by atoms with Crippen molar-refractivity contribution in [3.63, 3.8) is 0 Å². The van der Waals surface area contributed by atoms with E-state index >= 15 is 0 Å². The van der Waals surface area contributed by atoms with Gasteiger partial charge < -0.3 is 15.1 Å². The third-order valence-corrected chi connectivity index (χ3v) is 5.55. The first-order valence-corrected chi connectivity index (χ1v) is 10.3. The van der Waals surface area contributed by atoms with Crippen molar-refractivity contribution < 1.29 is 14.4 Å². The summed E-state index contributed by atoms with van der Waals surface area (Å²) in [6.07, 6.45) is 0. The SMILES string of the molecule is Cc1ccc(CN2CCN(C[C@H](C)C(=O)NCc3ccccc3C)C(=O)C2=O)cc1. The molecule has 2 aromatic carbocycles. The molecule has 1 heterocycles. The molecular formula is C24H29N3O3. The summed E-state index contributed by atoms with van der Waals surface area (Å²) in [5.74, 6) is -1.56. The van der Waals surface area contributed by atoms with Gasteiger partial charge in [-0.05, 0) is 30.5 Å². The normalized spacial score (nSPS) is 15.3. The Hall–Kier alpha value is -3.15. The largest absolute Gasteiger partial charge is 0.352 e. The standard InChI is InChI=1S/C24H29N3O3/c1-17-8-10-20(11-9-17)16-27-13-12-26(23(29)24(27)30)15-19(3)22(28)25-14-21-7-5-4-6-18(21)2/h4-11,19H,12-16H2,1-3H3,(H,25,28)/t19-/m0/s1. The van der Waals surface area contributed by atoms with E-state index in [0.717, 1.165) is 22.3 Å². The highest BCUT2D eigenvalue weighted by molar-refractivity contribution is 6.35. The molecule has 0 bridgehead atoms. The van der Waals surface area contributed by atoms with Crippen LogP contribution in [-0.4, -0.2) is 47.2 Å². The molecule has 6 nitrogen and oxygen atoms in total. The summed E-state index contributed by atoms with van der Waals surface area (Å²) in [6.45, 7) is 7.81. The molecule has 30 heavy (non-hydrogen) atoms. The molecule has 0 unspecified atom stereocenters. The van der Waals surface area contributed by atoms with Crippen LogP contribution in [0.1, 0.15) is 29.2 Å². The number of hydrogen-bond acceptors (Lipinski definition) is 3. The molecular weight excluding hydrogens is 378 g/mol. The molecule has 0 aromatic heterocycles. The predicted molar refractivity (Wildman–Crippen MR) is 115 cm³/mol. The van der Waals surface area contributed by atoms with Crippen molar-refractivity contribution in [3.05, 3.63) is 70.8 Å². The van der Waals surface area contributed by atoms with E-state index in [0.29, 0.717) is 26.2 Å². The fourth-order valence-electron chi connectivity index (χ4n) is 3.53. The molecule has 1 aliphatic heterocycles. The number of piperazine rings is 1. The maximum absolute atomic E-state index is 12.6. The molecule has 3 amide bonds. The van der Waals surface area contributed by atoms with Crippen LogP contribution in [0.3, 0.4) is 0 Å². The highest BCUT2D eigenvalue weighted by Gasteiger charge is 2.33. The molecule has 1 saturated heterocycles. The molecule has 1 fully saturated rings. The van der Waals surface area contributed by atoms with Crippen molar-refractivity contribution in [1.82, 2.24) is 15.1 Å². The van der Waals surface area contributed by atoms with Crippen LogP contribution in [0.25, 0.3) is 0 Å². The van der Waals surface area contributed by atoms with E-state index in [-0.39, 0.29) is 12.5 Å². The van der Waals surface area contributed by atoms with E-state index in [1.54, 1.807) is 11.8 Å². The number of nitrogens with zero attached hydrogens (tertiary/aromatic N) is 2. The van der Waals surface area contributed by atoms with Crippen LogP contribution in [-0.2, 0) is 27.5 Å². The average Bonchev–Trinajstić information content (AvgIpc) is 2.74. The van der Waals surface area contributed by atoms with Gasteiger partial charge in [0.1, 0.15) is 0 Å². The lowest BCUT2D eigenvalue weighted by Gasteiger charge is -2.34. The number of aryl methyl sites for hydroxylation is 2. The quantitative estimate of drug-likeness (QED) is 0.717. The number of nitrogens with one attached hydrogen (secondary N) is 1. The van der Waals surface area contributed by atoms with E-state index in [1.807, 2.05) is 62.4 Å². The molecule has 158 valence electrons. The van der Waals surface area contributed by atoms with E-state index < -0.39 is 17.7 Å². The first-order valence-electron chi connectivity index (χ1n) is 10.3. The minimum atomic E-state index is -0.535. The maximum Gasteiger partial charge on any atom is 0.312 e. The Morgan fingerprint density at radius 2 is 1.60 bits per heavy atom. The minimum absolute atomic E-state index is 0.124. The molecule has 0 radical (unpaired) electrons. The van der Waals surface area contributed by atoms with Crippen LogP contribution in [0.5, 0.6) is 0 Å². The summed E-state index contributed by atoms with van der Waals surface area (Å²) >= 11 is 0. The van der Waals surface area contributed by atoms with Crippen molar-refractivity contribution in [2.24, 2.45) is 5.92 Å². The van der Waals surface area contributed by atoms with Gasteiger partial charge in [-0.1, -0.05) is 61.0 Å². The zero-order valence-electron chi connectivity index (χ0n) is 17.9. The molecule has 1 N–H and O–H groups in total. The van der Waals surface area contributed by atoms with Crippen molar-refractivity contribution in [1.29, 1.82) is 0 Å². The van der Waals surface area contributed by atoms with Gasteiger partial charge in [0.15, 0.2) is 0 Å². The monoisotopic (exact) mass is 407 g/mol. The zero-order chi connectivity index (χ0) is 21.7. The fourth-order valence-corrected chi connectivity index (χ4v) is 3.53. The van der Waals surface area contributed by atoms with Gasteiger partial charge in [0.25, 0.3) is 0 Å². The second-order valence-electron chi connectivity index (χ2n) is 8.01. The lowest BCUT2D eigenvalue weighted by Crippen LogP contribution is -2.55. The fraction of sp³-hybridized carbons (Fsp3) is 0.375. The Bertz CT molecular complexity index is 924. The number of rotatable bonds is 7. The predicted octanol–water partition coefficient (Wildman–Crippen LogP) is 2.43. The first-order chi connectivity index (χ1) is 14.3. The van der Waals surface area contributed by atoms with Crippen LogP contribution in [0.15, 0.2) is 48.5 Å². The summed E-state index contributed by atoms with van der Waals surface area (Å²) in [4.78, 5) is 40.7. The molecule has 1 aliphatic rings. The number of carbonyl (C=O) groups excluding carboxylic acids is 3. The van der Waals surface area contributed by atoms with Gasteiger partial charge in [-0.3, -0.25) is 14.4 Å². The smallest absolute Gasteiger partial charge is 0.312 e. The summed E-state index contributed by atoms with van der Waals surface area (Å²) in [5.41, 5.74) is 4.34. The lowest BCUT2D eigenvalue weighted by molar-refractivity contribution is -0.157. The highest BCUT2D eigenvalue weighted by atomic mass is 16.2. The van der Waals surface area contributed by atoms with Crippen LogP contribution in [0.4, 0.5) is 0 Å². The second kappa shape index (κ2) is 9.57. The van der Waals surface area contributed by atoms with Gasteiger partial charge in [0.2, 0.25) is 5.91 Å². The molecule has 0 saturated carbocycles. The maximum atomic E-state index is 12.6. The number of hydrogen-bond donors (Lipinski definition) is 1. The molecule has 0 aliphatic carbocycles. The molecule has 3 rings (SSSR count). The van der Waals surface area contributed by atoms with Gasteiger partial charge in [-0.2, -0.15) is 0 Å². The molecule has 0 spiro atoms. The van der Waals surface area contributed by atoms with Gasteiger partial charge in [-0.25, -0.2) is 0 Å². The number of carbonyl (C=O) groups is 3. The Balaban J connectivity index is 1.51. The summed E-state index contributed by atoms with van der Waals surface area (Å²) in [7, 11) is 0. The summed E-state index contributed by atoms with van der Waals surface area (Å²) in [6, 6.07) is 15.8. The molecule has 1 atom stereocenters. The Kier molecular flexibility index (Phi) is 6.87. The van der Waals surface area contributed by atoms with Crippen molar-refractivity contribution in [2.45, 2.75) is 33.9 Å². The van der Waals surface area contributed by atoms with Gasteiger partial charge >= 0.3 is 11.8 Å². The Labute approximate surface area is 177 Å². The van der Waals surface area contributed by atoms with Crippen molar-refractivity contribution >= 4 is 17.7 Å². The Morgan fingerprint density at radius 3 is 2.30 bits per heavy atom. The van der Waals surface area contributed by atoms with Crippen molar-refractivity contribution in [2.75, 3.05) is 19.6 Å². The zero-order valence-corrected chi connectivity index (χ0v) is 17.9. The number of benzene rings is 2. The van der Waals surface area contributed by atoms with Crippen molar-refractivity contribution in [3.8, 4) is 0 Å². The summed E-state index contributed by atoms with van der Waals surface area (Å²) in [5, 5.41) is 2.93. The van der Waals surface area contributed by atoms with Gasteiger partial charge in [0.05, 0.1) is 5.92 Å². The van der Waals surface area contributed by atoms with E-state index in [2.05, 4.69) is 5.32 Å². The lowest BCUT2D eigenvalue weighted by atomic mass is 10.1. The van der Waals surface area contributed by atoms with Crippen LogP contribution in [0, 0.1) is 19.8 Å². The second-order valence-corrected chi connectivity index (χ2v) is 8.01. The third kappa shape index (κ3) is 5.26. The van der Waals surface area contributed by atoms with E-state index in [9.17, 15) is 14.4 Å². The Morgan fingerprint density at radius 1 is 0.967 bits per heavy atom. The van der Waals surface area contributed by atoms with Gasteiger partial charge in [0, 0.05) is 32.7 Å². The number of amides is 3. The highest BCUT2D eigenvalue weighted by Crippen LogP contribution is 2.14. The van der Waals surface area contributed by atoms with Gasteiger partial charge in [-0.15, -0.1) is 0 Å². The minimum Gasteiger partial charge on any atom is -0.352 e.